The van der Waals surface area contributed by atoms with E-state index in [4.69, 9.17) is 15.3 Å². The smallest absolute Gasteiger partial charge is 0.339 e. The van der Waals surface area contributed by atoms with E-state index in [0.717, 1.165) is 25.7 Å². The predicted octanol–water partition coefficient (Wildman–Crippen LogP) is 2.64. The van der Waals surface area contributed by atoms with E-state index < -0.39 is 11.9 Å². The first-order valence-corrected chi connectivity index (χ1v) is 11.2. The standard InChI is InChI=1S/C23H30N4O6/c24-20-16(12-25-13-17(20)23(31)32)18-9-8-15(33-18)11-27-22(30)21(14-5-2-1-3-6-14)26-10-4-7-19(28)29/h8-9,12-14,21,26H,1-7,10-11H2,(H2,24,25)(H,27,30)(H,28,29)(H,31,32)/t21-/m0/s1. The van der Waals surface area contributed by atoms with Gasteiger partial charge in [0.15, 0.2) is 0 Å². The molecule has 1 aliphatic carbocycles. The molecule has 10 nitrogen and oxygen atoms in total. The number of carbonyl (C=O) groups excluding carboxylic acids is 1. The van der Waals surface area contributed by atoms with E-state index in [1.165, 1.54) is 18.8 Å². The van der Waals surface area contributed by atoms with Crippen molar-refractivity contribution in [2.45, 2.75) is 57.5 Å². The summed E-state index contributed by atoms with van der Waals surface area (Å²) >= 11 is 0. The van der Waals surface area contributed by atoms with E-state index in [1.807, 2.05) is 0 Å². The fourth-order valence-corrected chi connectivity index (χ4v) is 4.18. The number of carbonyl (C=O) groups is 3. The molecule has 2 aromatic heterocycles. The van der Waals surface area contributed by atoms with Gasteiger partial charge in [0.25, 0.3) is 0 Å². The van der Waals surface area contributed by atoms with Crippen LogP contribution in [0.4, 0.5) is 5.69 Å². The SMILES string of the molecule is Nc1c(C(=O)O)cncc1-c1ccc(CNC(=O)[C@@H](NCCCC(=O)O)C2CCCCC2)o1. The van der Waals surface area contributed by atoms with E-state index in [-0.39, 0.29) is 42.1 Å². The van der Waals surface area contributed by atoms with Gasteiger partial charge in [0, 0.05) is 18.8 Å². The fraction of sp³-hybridized carbons (Fsp3) is 0.478. The molecule has 10 heteroatoms. The minimum atomic E-state index is -1.18. The fourth-order valence-electron chi connectivity index (χ4n) is 4.18. The van der Waals surface area contributed by atoms with Crippen LogP contribution in [-0.2, 0) is 16.1 Å². The van der Waals surface area contributed by atoms with Crippen LogP contribution >= 0.6 is 0 Å². The van der Waals surface area contributed by atoms with Gasteiger partial charge in [0.05, 0.1) is 23.8 Å². The highest BCUT2D eigenvalue weighted by atomic mass is 16.4. The zero-order valence-corrected chi connectivity index (χ0v) is 18.4. The highest BCUT2D eigenvalue weighted by molar-refractivity contribution is 5.97. The lowest BCUT2D eigenvalue weighted by atomic mass is 9.83. The second-order valence-electron chi connectivity index (χ2n) is 8.26. The summed E-state index contributed by atoms with van der Waals surface area (Å²) in [6, 6.07) is 2.96. The molecule has 2 heterocycles. The van der Waals surface area contributed by atoms with Crippen molar-refractivity contribution in [2.75, 3.05) is 12.3 Å². The van der Waals surface area contributed by atoms with Gasteiger partial charge in [0.2, 0.25) is 5.91 Å². The van der Waals surface area contributed by atoms with Gasteiger partial charge < -0.3 is 31.0 Å². The summed E-state index contributed by atoms with van der Waals surface area (Å²) in [7, 11) is 0. The molecule has 0 aromatic carbocycles. The Kier molecular flexibility index (Phi) is 8.42. The second kappa shape index (κ2) is 11.5. The first-order chi connectivity index (χ1) is 15.9. The van der Waals surface area contributed by atoms with Gasteiger partial charge in [0.1, 0.15) is 17.1 Å². The Hall–Kier alpha value is -3.40. The summed E-state index contributed by atoms with van der Waals surface area (Å²) < 4.78 is 5.77. The molecule has 1 aliphatic rings. The number of aromatic nitrogens is 1. The van der Waals surface area contributed by atoms with Crippen molar-refractivity contribution in [3.05, 3.63) is 35.9 Å². The molecule has 2 aromatic rings. The van der Waals surface area contributed by atoms with Gasteiger partial charge in [-0.3, -0.25) is 14.6 Å². The number of nitrogen functional groups attached to an aromatic ring is 1. The molecular weight excluding hydrogens is 428 g/mol. The zero-order valence-electron chi connectivity index (χ0n) is 18.4. The van der Waals surface area contributed by atoms with Crippen molar-refractivity contribution in [2.24, 2.45) is 5.92 Å². The quantitative estimate of drug-likeness (QED) is 0.318. The number of furan rings is 1. The molecule has 178 valence electrons. The van der Waals surface area contributed by atoms with Gasteiger partial charge in [-0.15, -0.1) is 0 Å². The molecule has 0 unspecified atom stereocenters. The van der Waals surface area contributed by atoms with Crippen molar-refractivity contribution >= 4 is 23.5 Å². The van der Waals surface area contributed by atoms with Crippen LogP contribution in [0.3, 0.4) is 0 Å². The number of aliphatic carboxylic acids is 1. The van der Waals surface area contributed by atoms with Gasteiger partial charge in [-0.1, -0.05) is 19.3 Å². The average Bonchev–Trinajstić information content (AvgIpc) is 3.26. The monoisotopic (exact) mass is 458 g/mol. The van der Waals surface area contributed by atoms with Crippen LogP contribution in [0, 0.1) is 5.92 Å². The minimum absolute atomic E-state index is 0.0578. The van der Waals surface area contributed by atoms with E-state index in [9.17, 15) is 19.5 Å². The highest BCUT2D eigenvalue weighted by Crippen LogP contribution is 2.30. The third-order valence-electron chi connectivity index (χ3n) is 5.92. The summed E-state index contributed by atoms with van der Waals surface area (Å²) in [4.78, 5) is 38.9. The topological polar surface area (TPSA) is 168 Å². The summed E-state index contributed by atoms with van der Waals surface area (Å²) in [5, 5.41) is 24.2. The number of pyridine rings is 1. The van der Waals surface area contributed by atoms with E-state index >= 15 is 0 Å². The first kappa shape index (κ1) is 24.2. The molecule has 33 heavy (non-hydrogen) atoms. The molecule has 3 rings (SSSR count). The maximum atomic E-state index is 13.0. The Morgan fingerprint density at radius 2 is 1.91 bits per heavy atom. The largest absolute Gasteiger partial charge is 0.481 e. The van der Waals surface area contributed by atoms with Crippen LogP contribution in [0.15, 0.2) is 28.9 Å². The number of nitrogens with two attached hydrogens (primary N) is 1. The molecule has 1 atom stereocenters. The number of carboxylic acids is 2. The molecular formula is C23H30N4O6. The molecule has 1 amide bonds. The Bertz CT molecular complexity index is 983. The summed E-state index contributed by atoms with van der Waals surface area (Å²) in [5.74, 6) is -1.11. The summed E-state index contributed by atoms with van der Waals surface area (Å²) in [6.07, 6.45) is 8.38. The second-order valence-corrected chi connectivity index (χ2v) is 8.26. The van der Waals surface area contributed by atoms with Gasteiger partial charge in [-0.25, -0.2) is 4.79 Å². The van der Waals surface area contributed by atoms with Crippen LogP contribution in [-0.4, -0.2) is 45.6 Å². The Balaban J connectivity index is 1.63. The van der Waals surface area contributed by atoms with Crippen molar-refractivity contribution in [3.63, 3.8) is 0 Å². The van der Waals surface area contributed by atoms with Crippen LogP contribution in [0.1, 0.15) is 61.1 Å². The molecule has 0 spiro atoms. The van der Waals surface area contributed by atoms with E-state index in [0.29, 0.717) is 30.0 Å². The number of amides is 1. The Morgan fingerprint density at radius 1 is 1.15 bits per heavy atom. The number of nitrogens with zero attached hydrogens (tertiary/aromatic N) is 1. The van der Waals surface area contributed by atoms with Crippen molar-refractivity contribution in [1.82, 2.24) is 15.6 Å². The molecule has 0 radical (unpaired) electrons. The summed E-state index contributed by atoms with van der Waals surface area (Å²) in [5.41, 5.74) is 6.27. The van der Waals surface area contributed by atoms with Crippen molar-refractivity contribution in [1.29, 1.82) is 0 Å². The number of anilines is 1. The first-order valence-electron chi connectivity index (χ1n) is 11.2. The number of hydrogen-bond donors (Lipinski definition) is 5. The lowest BCUT2D eigenvalue weighted by Gasteiger charge is -2.30. The third-order valence-corrected chi connectivity index (χ3v) is 5.92. The van der Waals surface area contributed by atoms with Crippen LogP contribution in [0.2, 0.25) is 0 Å². The van der Waals surface area contributed by atoms with Crippen LogP contribution in [0.5, 0.6) is 0 Å². The molecule has 0 bridgehead atoms. The van der Waals surface area contributed by atoms with Gasteiger partial charge >= 0.3 is 11.9 Å². The molecule has 6 N–H and O–H groups in total. The number of rotatable bonds is 11. The van der Waals surface area contributed by atoms with E-state index in [1.54, 1.807) is 12.1 Å². The lowest BCUT2D eigenvalue weighted by Crippen LogP contribution is -2.49. The molecule has 1 saturated carbocycles. The molecule has 1 fully saturated rings. The predicted molar refractivity (Wildman–Crippen MR) is 120 cm³/mol. The Morgan fingerprint density at radius 3 is 2.61 bits per heavy atom. The van der Waals surface area contributed by atoms with Crippen LogP contribution in [0.25, 0.3) is 11.3 Å². The molecule has 0 saturated heterocycles. The van der Waals surface area contributed by atoms with Crippen molar-refractivity contribution in [3.8, 4) is 11.3 Å². The normalized spacial score (nSPS) is 15.2. The number of hydrogen-bond acceptors (Lipinski definition) is 7. The summed E-state index contributed by atoms with van der Waals surface area (Å²) in [6.45, 7) is 0.614. The lowest BCUT2D eigenvalue weighted by molar-refractivity contribution is -0.137. The number of nitrogens with one attached hydrogen (secondary N) is 2. The maximum Gasteiger partial charge on any atom is 0.339 e. The van der Waals surface area contributed by atoms with Gasteiger partial charge in [-0.05, 0) is 43.9 Å². The minimum Gasteiger partial charge on any atom is -0.481 e. The average molecular weight is 459 g/mol. The maximum absolute atomic E-state index is 13.0. The third kappa shape index (κ3) is 6.55. The highest BCUT2D eigenvalue weighted by Gasteiger charge is 2.29. The number of aromatic carboxylic acids is 1. The molecule has 0 aliphatic heterocycles. The van der Waals surface area contributed by atoms with Gasteiger partial charge in [-0.2, -0.15) is 0 Å². The van der Waals surface area contributed by atoms with Crippen molar-refractivity contribution < 1.29 is 29.0 Å². The Labute approximate surface area is 191 Å². The zero-order chi connectivity index (χ0) is 23.8. The number of carboxylic acid groups (broad SMARTS) is 2. The van der Waals surface area contributed by atoms with Crippen LogP contribution < -0.4 is 16.4 Å². The van der Waals surface area contributed by atoms with E-state index in [2.05, 4.69) is 15.6 Å².